The molecule has 0 saturated carbocycles. The van der Waals surface area contributed by atoms with Crippen LogP contribution >= 0.6 is 23.4 Å². The van der Waals surface area contributed by atoms with Gasteiger partial charge in [0.15, 0.2) is 0 Å². The fourth-order valence-electron chi connectivity index (χ4n) is 1.77. The van der Waals surface area contributed by atoms with Crippen LogP contribution in [-0.2, 0) is 6.54 Å². The minimum Gasteiger partial charge on any atom is -0.293 e. The second-order valence-electron chi connectivity index (χ2n) is 3.71. The minimum absolute atomic E-state index is 0.519. The molecule has 1 aromatic rings. The summed E-state index contributed by atoms with van der Waals surface area (Å²) in [6, 6.07) is 4.63. The Morgan fingerprint density at radius 3 is 3.27 bits per heavy atom. The maximum atomic E-state index is 5.97. The number of thioether (sulfide) groups is 1. The fourth-order valence-corrected chi connectivity index (χ4v) is 3.33. The molecular formula is C11H15ClN2S. The number of hydrogen-bond acceptors (Lipinski definition) is 3. The summed E-state index contributed by atoms with van der Waals surface area (Å²) in [6.45, 7) is 2.11. The quantitative estimate of drug-likeness (QED) is 0.757. The summed E-state index contributed by atoms with van der Waals surface area (Å²) in [4.78, 5) is 6.60. The van der Waals surface area contributed by atoms with Gasteiger partial charge in [-0.1, -0.05) is 6.07 Å². The number of aromatic nitrogens is 1. The first-order chi connectivity index (χ1) is 7.40. The van der Waals surface area contributed by atoms with E-state index in [1.54, 1.807) is 0 Å². The molecule has 2 nitrogen and oxygen atoms in total. The summed E-state index contributed by atoms with van der Waals surface area (Å²) in [5, 5.41) is 0. The molecule has 4 heteroatoms. The molecule has 1 saturated heterocycles. The van der Waals surface area contributed by atoms with Crippen molar-refractivity contribution in [3.8, 4) is 0 Å². The van der Waals surface area contributed by atoms with Crippen molar-refractivity contribution in [1.29, 1.82) is 0 Å². The standard InChI is InChI=1S/C11H15ClN2S/c12-6-11-9-15-5-4-14(11)8-10-2-1-3-13-7-10/h1-3,7,11H,4-6,8-9H2. The topological polar surface area (TPSA) is 16.1 Å². The highest BCUT2D eigenvalue weighted by atomic mass is 35.5. The molecule has 2 rings (SSSR count). The summed E-state index contributed by atoms with van der Waals surface area (Å²) < 4.78 is 0. The van der Waals surface area contributed by atoms with Crippen molar-refractivity contribution in [2.75, 3.05) is 23.9 Å². The molecule has 1 unspecified atom stereocenters. The molecule has 1 atom stereocenters. The van der Waals surface area contributed by atoms with Crippen molar-refractivity contribution in [3.05, 3.63) is 30.1 Å². The van der Waals surface area contributed by atoms with E-state index in [2.05, 4.69) is 16.0 Å². The number of nitrogens with zero attached hydrogens (tertiary/aromatic N) is 2. The van der Waals surface area contributed by atoms with Gasteiger partial charge in [0.05, 0.1) is 0 Å². The van der Waals surface area contributed by atoms with Crippen LogP contribution in [0.1, 0.15) is 5.56 Å². The van der Waals surface area contributed by atoms with Crippen LogP contribution < -0.4 is 0 Å². The number of hydrogen-bond donors (Lipinski definition) is 0. The molecule has 82 valence electrons. The molecule has 1 fully saturated rings. The predicted molar refractivity (Wildman–Crippen MR) is 66.5 cm³/mol. The summed E-state index contributed by atoms with van der Waals surface area (Å²) in [5.74, 6) is 3.10. The van der Waals surface area contributed by atoms with Gasteiger partial charge in [0.1, 0.15) is 0 Å². The minimum atomic E-state index is 0.519. The smallest absolute Gasteiger partial charge is 0.0387 e. The molecule has 1 aromatic heterocycles. The molecule has 15 heavy (non-hydrogen) atoms. The van der Waals surface area contributed by atoms with Crippen molar-refractivity contribution in [2.24, 2.45) is 0 Å². The van der Waals surface area contributed by atoms with Crippen LogP contribution in [0, 0.1) is 0 Å². The lowest BCUT2D eigenvalue weighted by Crippen LogP contribution is -2.42. The summed E-state index contributed by atoms with van der Waals surface area (Å²) >= 11 is 7.97. The van der Waals surface area contributed by atoms with Gasteiger partial charge in [-0.2, -0.15) is 11.8 Å². The average molecular weight is 243 g/mol. The van der Waals surface area contributed by atoms with E-state index in [4.69, 9.17) is 11.6 Å². The van der Waals surface area contributed by atoms with E-state index in [1.165, 1.54) is 11.3 Å². The normalized spacial score (nSPS) is 22.9. The Morgan fingerprint density at radius 1 is 1.60 bits per heavy atom. The van der Waals surface area contributed by atoms with Crippen molar-refractivity contribution >= 4 is 23.4 Å². The van der Waals surface area contributed by atoms with Crippen LogP contribution in [0.3, 0.4) is 0 Å². The number of alkyl halides is 1. The zero-order valence-electron chi connectivity index (χ0n) is 8.60. The van der Waals surface area contributed by atoms with Gasteiger partial charge < -0.3 is 0 Å². The number of rotatable bonds is 3. The highest BCUT2D eigenvalue weighted by Crippen LogP contribution is 2.19. The van der Waals surface area contributed by atoms with Gasteiger partial charge >= 0.3 is 0 Å². The van der Waals surface area contributed by atoms with Crippen LogP contribution in [0.5, 0.6) is 0 Å². The van der Waals surface area contributed by atoms with Gasteiger partial charge in [0.25, 0.3) is 0 Å². The lowest BCUT2D eigenvalue weighted by molar-refractivity contribution is 0.226. The second kappa shape index (κ2) is 5.73. The first kappa shape index (κ1) is 11.2. The van der Waals surface area contributed by atoms with Crippen molar-refractivity contribution in [3.63, 3.8) is 0 Å². The lowest BCUT2D eigenvalue weighted by Gasteiger charge is -2.34. The van der Waals surface area contributed by atoms with E-state index in [-0.39, 0.29) is 0 Å². The first-order valence-corrected chi connectivity index (χ1v) is 6.85. The van der Waals surface area contributed by atoms with E-state index in [9.17, 15) is 0 Å². The third kappa shape index (κ3) is 3.10. The van der Waals surface area contributed by atoms with E-state index in [0.717, 1.165) is 24.7 Å². The van der Waals surface area contributed by atoms with E-state index in [1.807, 2.05) is 30.2 Å². The molecule has 0 amide bonds. The molecule has 1 aliphatic rings. The second-order valence-corrected chi connectivity index (χ2v) is 5.17. The summed E-state index contributed by atoms with van der Waals surface area (Å²) in [7, 11) is 0. The van der Waals surface area contributed by atoms with Gasteiger partial charge in [-0.15, -0.1) is 11.6 Å². The summed E-state index contributed by atoms with van der Waals surface area (Å²) in [6.07, 6.45) is 3.75. The van der Waals surface area contributed by atoms with Gasteiger partial charge in [-0.25, -0.2) is 0 Å². The maximum absolute atomic E-state index is 5.97. The lowest BCUT2D eigenvalue weighted by atomic mass is 10.2. The van der Waals surface area contributed by atoms with E-state index in [0.29, 0.717) is 6.04 Å². The van der Waals surface area contributed by atoms with Gasteiger partial charge in [0, 0.05) is 48.9 Å². The first-order valence-electron chi connectivity index (χ1n) is 5.17. The van der Waals surface area contributed by atoms with Crippen LogP contribution in [-0.4, -0.2) is 39.9 Å². The van der Waals surface area contributed by atoms with E-state index >= 15 is 0 Å². The van der Waals surface area contributed by atoms with Crippen LogP contribution in [0.25, 0.3) is 0 Å². The molecule has 0 spiro atoms. The Balaban J connectivity index is 1.97. The molecule has 0 aromatic carbocycles. The van der Waals surface area contributed by atoms with Crippen molar-refractivity contribution in [2.45, 2.75) is 12.6 Å². The number of halogens is 1. The molecule has 2 heterocycles. The largest absolute Gasteiger partial charge is 0.293 e. The molecule has 0 radical (unpaired) electrons. The highest BCUT2D eigenvalue weighted by molar-refractivity contribution is 7.99. The molecule has 0 bridgehead atoms. The Hall–Kier alpha value is -0.250. The Morgan fingerprint density at radius 2 is 2.53 bits per heavy atom. The third-order valence-electron chi connectivity index (χ3n) is 2.64. The molecule has 0 aliphatic carbocycles. The van der Waals surface area contributed by atoms with Crippen LogP contribution in [0.4, 0.5) is 0 Å². The van der Waals surface area contributed by atoms with Crippen molar-refractivity contribution < 1.29 is 0 Å². The zero-order chi connectivity index (χ0) is 10.5. The average Bonchev–Trinajstić information content (AvgIpc) is 2.31. The zero-order valence-corrected chi connectivity index (χ0v) is 10.2. The fraction of sp³-hybridized carbons (Fsp3) is 0.545. The van der Waals surface area contributed by atoms with Gasteiger partial charge in [-0.05, 0) is 11.6 Å². The maximum Gasteiger partial charge on any atom is 0.0387 e. The third-order valence-corrected chi connectivity index (χ3v) is 4.08. The molecule has 0 N–H and O–H groups in total. The van der Waals surface area contributed by atoms with Gasteiger partial charge in [0.2, 0.25) is 0 Å². The molecular weight excluding hydrogens is 228 g/mol. The van der Waals surface area contributed by atoms with Crippen LogP contribution in [0.2, 0.25) is 0 Å². The Labute approximate surface area is 100 Å². The SMILES string of the molecule is ClCC1CSCCN1Cc1cccnc1. The van der Waals surface area contributed by atoms with Gasteiger partial charge in [-0.3, -0.25) is 9.88 Å². The Kier molecular flexibility index (Phi) is 4.29. The summed E-state index contributed by atoms with van der Waals surface area (Å²) in [5.41, 5.74) is 1.28. The van der Waals surface area contributed by atoms with Crippen molar-refractivity contribution in [1.82, 2.24) is 9.88 Å². The number of pyridine rings is 1. The molecule has 1 aliphatic heterocycles. The Bertz CT molecular complexity index is 294. The van der Waals surface area contributed by atoms with E-state index < -0.39 is 0 Å². The monoisotopic (exact) mass is 242 g/mol. The van der Waals surface area contributed by atoms with Crippen LogP contribution in [0.15, 0.2) is 24.5 Å². The highest BCUT2D eigenvalue weighted by Gasteiger charge is 2.21. The predicted octanol–water partition coefficient (Wildman–Crippen LogP) is 2.24.